The van der Waals surface area contributed by atoms with E-state index in [1.165, 1.54) is 6.07 Å². The topological polar surface area (TPSA) is 65.8 Å². The number of hydrogen-bond acceptors (Lipinski definition) is 4. The van der Waals surface area contributed by atoms with E-state index in [1.54, 1.807) is 42.6 Å². The molecule has 0 spiro atoms. The summed E-state index contributed by atoms with van der Waals surface area (Å²) >= 11 is 0. The third kappa shape index (κ3) is 3.15. The van der Waals surface area contributed by atoms with E-state index in [9.17, 15) is 14.4 Å². The molecule has 4 nitrogen and oxygen atoms in total. The Labute approximate surface area is 184 Å². The number of para-hydroxylation sites is 1. The van der Waals surface area contributed by atoms with Crippen molar-refractivity contribution < 1.29 is 9.18 Å². The minimum Gasteiger partial charge on any atom is -0.362 e. The molecule has 1 aliphatic rings. The second-order valence-corrected chi connectivity index (χ2v) is 7.28. The molecule has 1 aliphatic carbocycles. The number of rotatable bonds is 4. The Kier molecular flexibility index (Phi) is 4.81. The fourth-order valence-electron chi connectivity index (χ4n) is 3.96. The van der Waals surface area contributed by atoms with Crippen LogP contribution in [0.25, 0.3) is 28.5 Å². The van der Waals surface area contributed by atoms with Crippen LogP contribution in [0.2, 0.25) is 0 Å². The van der Waals surface area contributed by atoms with Crippen LogP contribution in [0.15, 0.2) is 85.1 Å². The summed E-state index contributed by atoms with van der Waals surface area (Å²) in [5.74, 6) is -0.755. The van der Waals surface area contributed by atoms with Crippen molar-refractivity contribution in [2.45, 2.75) is 0 Å². The lowest BCUT2D eigenvalue weighted by atomic mass is 9.92. The Morgan fingerprint density at radius 2 is 1.50 bits per heavy atom. The highest BCUT2D eigenvalue weighted by Gasteiger charge is 2.34. The normalized spacial score (nSPS) is 11.8. The van der Waals surface area contributed by atoms with Crippen molar-refractivity contribution in [3.05, 3.63) is 113 Å². The van der Waals surface area contributed by atoms with Crippen LogP contribution in [0.4, 0.5) is 10.1 Å². The average Bonchev–Trinajstić information content (AvgIpc) is 3.11. The van der Waals surface area contributed by atoms with Gasteiger partial charge >= 0.3 is 0 Å². The van der Waals surface area contributed by atoms with Gasteiger partial charge in [0.2, 0.25) is 0 Å². The van der Waals surface area contributed by atoms with Crippen molar-refractivity contribution in [2.75, 3.05) is 5.32 Å². The third-order valence-corrected chi connectivity index (χ3v) is 5.40. The maximum atomic E-state index is 14.8. The molecule has 0 atom stereocenters. The van der Waals surface area contributed by atoms with Gasteiger partial charge in [-0.25, -0.2) is 9.37 Å². The lowest BCUT2D eigenvalue weighted by Gasteiger charge is -2.13. The van der Waals surface area contributed by atoms with E-state index in [0.717, 1.165) is 5.69 Å². The van der Waals surface area contributed by atoms with E-state index in [4.69, 9.17) is 0 Å². The number of benzene rings is 3. The quantitative estimate of drug-likeness (QED) is 0.386. The van der Waals surface area contributed by atoms with Gasteiger partial charge in [0.15, 0.2) is 5.78 Å². The predicted molar refractivity (Wildman–Crippen MR) is 122 cm³/mol. The van der Waals surface area contributed by atoms with Crippen LogP contribution in [0.1, 0.15) is 27.2 Å². The number of nitrogens with one attached hydrogen (secondary N) is 1. The van der Waals surface area contributed by atoms with Gasteiger partial charge in [-0.05, 0) is 24.3 Å². The van der Waals surface area contributed by atoms with E-state index in [1.807, 2.05) is 42.5 Å². The molecule has 1 N–H and O–H groups in total. The van der Waals surface area contributed by atoms with Crippen molar-refractivity contribution in [1.82, 2.24) is 4.98 Å². The van der Waals surface area contributed by atoms with Gasteiger partial charge in [0.1, 0.15) is 11.9 Å². The molecule has 0 saturated carbocycles. The van der Waals surface area contributed by atoms with Crippen LogP contribution in [-0.4, -0.2) is 10.8 Å². The molecule has 4 aromatic rings. The number of fused-ring (bicyclic) bond motifs is 3. The molecule has 5 heteroatoms. The number of aromatic nitrogens is 1. The van der Waals surface area contributed by atoms with Crippen molar-refractivity contribution >= 4 is 17.5 Å². The number of ketones is 1. The summed E-state index contributed by atoms with van der Waals surface area (Å²) in [6.07, 6.45) is 3.35. The summed E-state index contributed by atoms with van der Waals surface area (Å²) < 4.78 is 14.8. The zero-order valence-corrected chi connectivity index (χ0v) is 16.8. The highest BCUT2D eigenvalue weighted by molar-refractivity contribution is 6.24. The number of nitrogens with zero attached hydrogens (tertiary/aromatic N) is 2. The molecule has 0 amide bonds. The molecule has 0 bridgehead atoms. The van der Waals surface area contributed by atoms with Gasteiger partial charge in [-0.3, -0.25) is 4.79 Å². The summed E-state index contributed by atoms with van der Waals surface area (Å²) in [5.41, 5.74) is 3.77. The number of anilines is 1. The van der Waals surface area contributed by atoms with E-state index >= 15 is 0 Å². The molecule has 0 aliphatic heterocycles. The van der Waals surface area contributed by atoms with Gasteiger partial charge in [0, 0.05) is 34.1 Å². The predicted octanol–water partition coefficient (Wildman–Crippen LogP) is 6.05. The number of pyridine rings is 1. The minimum atomic E-state index is -0.501. The Balaban J connectivity index is 1.74. The first-order valence-corrected chi connectivity index (χ1v) is 10.0. The monoisotopic (exact) mass is 417 g/mol. The highest BCUT2D eigenvalue weighted by Crippen LogP contribution is 2.43. The largest absolute Gasteiger partial charge is 0.362 e. The summed E-state index contributed by atoms with van der Waals surface area (Å²) in [4.78, 5) is 17.9. The van der Waals surface area contributed by atoms with Gasteiger partial charge in [-0.15, -0.1) is 0 Å². The number of halogens is 1. The molecule has 0 fully saturated rings. The van der Waals surface area contributed by atoms with Crippen LogP contribution in [0.3, 0.4) is 0 Å². The van der Waals surface area contributed by atoms with Gasteiger partial charge in [-0.1, -0.05) is 60.7 Å². The molecule has 5 rings (SSSR count). The average molecular weight is 417 g/mol. The maximum absolute atomic E-state index is 14.8. The SMILES string of the molecule is N#Cc1c(C=CNc2ccccc2)nc2c(c1-c1ccccc1F)C(=O)c1ccccc1-2. The van der Waals surface area contributed by atoms with E-state index in [0.29, 0.717) is 22.5 Å². The minimum absolute atomic E-state index is 0.154. The maximum Gasteiger partial charge on any atom is 0.196 e. The van der Waals surface area contributed by atoms with E-state index in [-0.39, 0.29) is 28.0 Å². The Hall–Kier alpha value is -4.56. The van der Waals surface area contributed by atoms with Gasteiger partial charge in [0.25, 0.3) is 0 Å². The van der Waals surface area contributed by atoms with Crippen LogP contribution in [-0.2, 0) is 0 Å². The lowest BCUT2D eigenvalue weighted by Crippen LogP contribution is -2.05. The van der Waals surface area contributed by atoms with Crippen molar-refractivity contribution in [3.63, 3.8) is 0 Å². The molecular weight excluding hydrogens is 401 g/mol. The van der Waals surface area contributed by atoms with E-state index in [2.05, 4.69) is 16.4 Å². The highest BCUT2D eigenvalue weighted by atomic mass is 19.1. The molecule has 1 aromatic heterocycles. The van der Waals surface area contributed by atoms with Gasteiger partial charge < -0.3 is 5.32 Å². The number of carbonyl (C=O) groups excluding carboxylic acids is 1. The molecular formula is C27H16FN3O. The second kappa shape index (κ2) is 7.93. The lowest BCUT2D eigenvalue weighted by molar-refractivity contribution is 0.104. The molecule has 32 heavy (non-hydrogen) atoms. The zero-order chi connectivity index (χ0) is 22.1. The fraction of sp³-hybridized carbons (Fsp3) is 0. The number of hydrogen-bond donors (Lipinski definition) is 1. The number of carbonyl (C=O) groups is 1. The first-order chi connectivity index (χ1) is 15.7. The molecule has 0 radical (unpaired) electrons. The van der Waals surface area contributed by atoms with Crippen molar-refractivity contribution in [2.24, 2.45) is 0 Å². The van der Waals surface area contributed by atoms with Crippen LogP contribution in [0, 0.1) is 17.1 Å². The zero-order valence-electron chi connectivity index (χ0n) is 16.8. The fourth-order valence-corrected chi connectivity index (χ4v) is 3.96. The van der Waals surface area contributed by atoms with Gasteiger partial charge in [0.05, 0.1) is 22.5 Å². The molecule has 152 valence electrons. The summed E-state index contributed by atoms with van der Waals surface area (Å²) in [5, 5.41) is 13.2. The molecule has 3 aromatic carbocycles. The first-order valence-electron chi connectivity index (χ1n) is 10.0. The summed E-state index contributed by atoms with van der Waals surface area (Å²) in [6.45, 7) is 0. The third-order valence-electron chi connectivity index (χ3n) is 5.40. The molecule has 1 heterocycles. The smallest absolute Gasteiger partial charge is 0.196 e. The van der Waals surface area contributed by atoms with Crippen LogP contribution >= 0.6 is 0 Å². The standard InChI is InChI=1S/C27H16FN3O/c28-22-13-7-6-12-20(22)24-21(16-29)23(14-15-30-17-8-2-1-3-9-17)31-26-18-10-4-5-11-19(18)27(32)25(24)26/h1-15,30H. The summed E-state index contributed by atoms with van der Waals surface area (Å²) in [7, 11) is 0. The second-order valence-electron chi connectivity index (χ2n) is 7.28. The Morgan fingerprint density at radius 1 is 0.844 bits per heavy atom. The van der Waals surface area contributed by atoms with Crippen LogP contribution in [0.5, 0.6) is 0 Å². The van der Waals surface area contributed by atoms with Crippen molar-refractivity contribution in [1.29, 1.82) is 5.26 Å². The van der Waals surface area contributed by atoms with Gasteiger partial charge in [-0.2, -0.15) is 5.26 Å². The Bertz CT molecular complexity index is 1440. The molecule has 0 saturated heterocycles. The summed E-state index contributed by atoms with van der Waals surface area (Å²) in [6, 6.07) is 25.0. The van der Waals surface area contributed by atoms with E-state index < -0.39 is 5.82 Å². The Morgan fingerprint density at radius 3 is 2.22 bits per heavy atom. The number of nitriles is 1. The van der Waals surface area contributed by atoms with Crippen LogP contribution < -0.4 is 5.32 Å². The first kappa shape index (κ1) is 19.4. The van der Waals surface area contributed by atoms with Crippen molar-refractivity contribution in [3.8, 4) is 28.5 Å². The molecule has 0 unspecified atom stereocenters.